The van der Waals surface area contributed by atoms with Crippen LogP contribution in [0.3, 0.4) is 0 Å². The van der Waals surface area contributed by atoms with Crippen molar-refractivity contribution in [3.05, 3.63) is 186 Å². The molecule has 1 nitrogen and oxygen atoms in total. The molecule has 0 fully saturated rings. The summed E-state index contributed by atoms with van der Waals surface area (Å²) in [5.74, 6) is 0. The first-order chi connectivity index (χ1) is 28.3. The third kappa shape index (κ3) is 6.11. The van der Waals surface area contributed by atoms with Crippen molar-refractivity contribution in [1.29, 1.82) is 0 Å². The topological polar surface area (TPSA) is 3.24 Å². The molecule has 0 saturated carbocycles. The average molecular weight is 782 g/mol. The summed E-state index contributed by atoms with van der Waals surface area (Å²) in [5, 5.41) is 5.10. The Labute approximate surface area is 353 Å². The molecule has 0 saturated heterocycles. The van der Waals surface area contributed by atoms with Crippen LogP contribution in [0.25, 0.3) is 64.3 Å². The number of hydrogen-bond donors (Lipinski definition) is 0. The summed E-state index contributed by atoms with van der Waals surface area (Å²) in [6, 6.07) is 61.9. The Balaban J connectivity index is 1.26. The molecule has 1 aliphatic rings. The Morgan fingerprint density at radius 1 is 0.441 bits per heavy atom. The van der Waals surface area contributed by atoms with Crippen molar-refractivity contribution in [3.8, 4) is 33.4 Å². The molecule has 290 valence electrons. The summed E-state index contributed by atoms with van der Waals surface area (Å²) < 4.78 is 2.60. The van der Waals surface area contributed by atoms with Crippen molar-refractivity contribution in [2.45, 2.75) is 71.6 Å². The predicted molar refractivity (Wildman–Crippen MR) is 257 cm³/mol. The molecule has 0 amide bonds. The minimum absolute atomic E-state index is 0.00909. The fraction of sp³-hybridized carbons (Fsp3) is 0.193. The normalized spacial score (nSPS) is 13.6. The molecule has 0 unspecified atom stereocenters. The summed E-state index contributed by atoms with van der Waals surface area (Å²) >= 11 is 1.88. The van der Waals surface area contributed by atoms with E-state index in [0.717, 1.165) is 11.4 Å². The van der Waals surface area contributed by atoms with E-state index in [1.807, 2.05) is 11.3 Å². The maximum atomic E-state index is 2.55. The second-order valence-electron chi connectivity index (χ2n) is 19.0. The van der Waals surface area contributed by atoms with Gasteiger partial charge in [0, 0.05) is 36.8 Å². The van der Waals surface area contributed by atoms with Gasteiger partial charge in [0.05, 0.1) is 11.4 Å². The maximum absolute atomic E-state index is 2.55. The lowest BCUT2D eigenvalue weighted by Crippen LogP contribution is -2.17. The first-order valence-electron chi connectivity index (χ1n) is 21.0. The Bertz CT molecular complexity index is 3070. The molecule has 0 aliphatic heterocycles. The average Bonchev–Trinajstić information content (AvgIpc) is 3.72. The second-order valence-corrected chi connectivity index (χ2v) is 20.1. The van der Waals surface area contributed by atoms with Crippen LogP contribution in [0.4, 0.5) is 17.1 Å². The lowest BCUT2D eigenvalue weighted by atomic mass is 9.78. The van der Waals surface area contributed by atoms with E-state index in [0.29, 0.717) is 0 Å². The zero-order chi connectivity index (χ0) is 40.8. The van der Waals surface area contributed by atoms with Gasteiger partial charge in [0.2, 0.25) is 0 Å². The summed E-state index contributed by atoms with van der Waals surface area (Å²) in [5.41, 5.74) is 16.5. The molecule has 1 heterocycles. The van der Waals surface area contributed by atoms with Crippen LogP contribution < -0.4 is 4.90 Å². The smallest absolute Gasteiger partial charge is 0.0555 e. The van der Waals surface area contributed by atoms with Crippen molar-refractivity contribution in [2.75, 3.05) is 4.90 Å². The molecular formula is C57H51NS. The first-order valence-corrected chi connectivity index (χ1v) is 21.8. The second kappa shape index (κ2) is 13.5. The predicted octanol–water partition coefficient (Wildman–Crippen LogP) is 16.9. The molecule has 10 rings (SSSR count). The minimum Gasteiger partial charge on any atom is -0.309 e. The SMILES string of the molecule is CC(C)(C)c1cc(-c2cccc3cccc(-c4ccccc4N(c4ccc5c(c4)C(C)(C)c4ccccc4-5)c4cccc5sc6ccccc6c45)c23)cc(C(C)(C)C)c1. The number of para-hydroxylation sites is 1. The van der Waals surface area contributed by atoms with Gasteiger partial charge in [0.1, 0.15) is 0 Å². The van der Waals surface area contributed by atoms with E-state index in [2.05, 4.69) is 224 Å². The molecule has 0 bridgehead atoms. The van der Waals surface area contributed by atoms with E-state index < -0.39 is 0 Å². The van der Waals surface area contributed by atoms with Crippen molar-refractivity contribution in [1.82, 2.24) is 0 Å². The van der Waals surface area contributed by atoms with Gasteiger partial charge >= 0.3 is 0 Å². The van der Waals surface area contributed by atoms with Crippen molar-refractivity contribution < 1.29 is 0 Å². The largest absolute Gasteiger partial charge is 0.309 e. The zero-order valence-electron chi connectivity index (χ0n) is 35.4. The molecule has 0 radical (unpaired) electrons. The molecule has 1 aliphatic carbocycles. The Morgan fingerprint density at radius 3 is 1.76 bits per heavy atom. The highest BCUT2D eigenvalue weighted by atomic mass is 32.1. The number of rotatable bonds is 5. The van der Waals surface area contributed by atoms with Gasteiger partial charge in [-0.3, -0.25) is 0 Å². The van der Waals surface area contributed by atoms with Gasteiger partial charge in [0.25, 0.3) is 0 Å². The Hall–Kier alpha value is -5.96. The number of thiophene rings is 1. The minimum atomic E-state index is -0.133. The van der Waals surface area contributed by atoms with Crippen LogP contribution in [0.15, 0.2) is 164 Å². The van der Waals surface area contributed by atoms with Crippen LogP contribution >= 0.6 is 11.3 Å². The first kappa shape index (κ1) is 37.3. The molecule has 8 aromatic carbocycles. The van der Waals surface area contributed by atoms with Crippen LogP contribution in [0.5, 0.6) is 0 Å². The molecule has 0 N–H and O–H groups in total. The van der Waals surface area contributed by atoms with Gasteiger partial charge in [-0.25, -0.2) is 0 Å². The quantitative estimate of drug-likeness (QED) is 0.168. The summed E-state index contributed by atoms with van der Waals surface area (Å²) in [6.07, 6.45) is 0. The fourth-order valence-corrected chi connectivity index (χ4v) is 10.7. The summed E-state index contributed by atoms with van der Waals surface area (Å²) in [6.45, 7) is 18.7. The van der Waals surface area contributed by atoms with Gasteiger partial charge in [-0.05, 0) is 108 Å². The zero-order valence-corrected chi connectivity index (χ0v) is 36.3. The number of fused-ring (bicyclic) bond motifs is 7. The highest BCUT2D eigenvalue weighted by Gasteiger charge is 2.36. The number of nitrogens with zero attached hydrogens (tertiary/aromatic N) is 1. The van der Waals surface area contributed by atoms with E-state index in [4.69, 9.17) is 0 Å². The lowest BCUT2D eigenvalue weighted by molar-refractivity contribution is 0.569. The van der Waals surface area contributed by atoms with E-state index in [9.17, 15) is 0 Å². The molecule has 0 spiro atoms. The van der Waals surface area contributed by atoms with Crippen molar-refractivity contribution in [2.24, 2.45) is 0 Å². The number of benzene rings is 8. The maximum Gasteiger partial charge on any atom is 0.0555 e. The van der Waals surface area contributed by atoms with Crippen LogP contribution in [0.1, 0.15) is 77.6 Å². The number of anilines is 3. The van der Waals surface area contributed by atoms with Gasteiger partial charge in [-0.2, -0.15) is 0 Å². The number of hydrogen-bond acceptors (Lipinski definition) is 2. The Morgan fingerprint density at radius 2 is 1.02 bits per heavy atom. The Kier molecular flexibility index (Phi) is 8.57. The third-order valence-corrected chi connectivity index (χ3v) is 13.9. The van der Waals surface area contributed by atoms with E-state index >= 15 is 0 Å². The summed E-state index contributed by atoms with van der Waals surface area (Å²) in [7, 11) is 0. The standard InChI is InChI=1S/C57H51NS/c1-55(2,3)38-32-37(33-39(34-38)56(4,5)6)41-23-15-18-36-19-16-24-45(53(36)41)44-21-10-13-26-49(44)58(50-27-17-29-52-54(50)46-22-11-14-28-51(46)59-52)40-30-31-43-42-20-9-12-25-47(42)57(7,8)48(43)35-40/h9-35H,1-8H3. The van der Waals surface area contributed by atoms with Crippen LogP contribution in [-0.4, -0.2) is 0 Å². The fourth-order valence-electron chi connectivity index (χ4n) is 9.53. The molecule has 9 aromatic rings. The highest BCUT2D eigenvalue weighted by molar-refractivity contribution is 7.26. The van der Waals surface area contributed by atoms with Gasteiger partial charge < -0.3 is 4.90 Å². The summed E-state index contributed by atoms with van der Waals surface area (Å²) in [4.78, 5) is 2.55. The highest BCUT2D eigenvalue weighted by Crippen LogP contribution is 2.53. The van der Waals surface area contributed by atoms with E-state index in [1.54, 1.807) is 0 Å². The van der Waals surface area contributed by atoms with Crippen molar-refractivity contribution in [3.63, 3.8) is 0 Å². The van der Waals surface area contributed by atoms with E-state index in [1.165, 1.54) is 92.3 Å². The van der Waals surface area contributed by atoms with Gasteiger partial charge in [-0.15, -0.1) is 11.3 Å². The molecule has 2 heteroatoms. The van der Waals surface area contributed by atoms with Crippen LogP contribution in [0.2, 0.25) is 0 Å². The monoisotopic (exact) mass is 781 g/mol. The molecule has 0 atom stereocenters. The van der Waals surface area contributed by atoms with E-state index in [-0.39, 0.29) is 16.2 Å². The molecule has 59 heavy (non-hydrogen) atoms. The lowest BCUT2D eigenvalue weighted by Gasteiger charge is -2.31. The molecule has 1 aromatic heterocycles. The third-order valence-electron chi connectivity index (χ3n) is 12.8. The van der Waals surface area contributed by atoms with Crippen LogP contribution in [0, 0.1) is 0 Å². The van der Waals surface area contributed by atoms with Gasteiger partial charge in [-0.1, -0.05) is 183 Å². The van der Waals surface area contributed by atoms with Crippen LogP contribution in [-0.2, 0) is 16.2 Å². The van der Waals surface area contributed by atoms with Crippen molar-refractivity contribution >= 4 is 59.3 Å². The van der Waals surface area contributed by atoms with Gasteiger partial charge in [0.15, 0.2) is 0 Å². The molecular weight excluding hydrogens is 731 g/mol.